The van der Waals surface area contributed by atoms with Gasteiger partial charge in [-0.25, -0.2) is 0 Å². The second-order valence-corrected chi connectivity index (χ2v) is 6.62. The Kier molecular flexibility index (Phi) is 7.41. The van der Waals surface area contributed by atoms with Crippen LogP contribution in [0.3, 0.4) is 0 Å². The highest BCUT2D eigenvalue weighted by Crippen LogP contribution is 2.22. The van der Waals surface area contributed by atoms with Crippen LogP contribution in [0.2, 0.25) is 0 Å². The van der Waals surface area contributed by atoms with Gasteiger partial charge < -0.3 is 15.0 Å². The van der Waals surface area contributed by atoms with Crippen molar-refractivity contribution in [3.8, 4) is 5.75 Å². The standard InChI is InChI=1S/C22H28N2O3/c1-16-9-10-17(2)20(15-16)24(18(3)25)14-12-22(26)23-13-11-19-7-5-6-8-21(19)27-4/h5-10,15H,11-14H2,1-4H3,(H,23,26). The van der Waals surface area contributed by atoms with Crippen LogP contribution in [-0.2, 0) is 16.0 Å². The summed E-state index contributed by atoms with van der Waals surface area (Å²) in [6.45, 7) is 6.38. The highest BCUT2D eigenvalue weighted by molar-refractivity contribution is 5.93. The molecule has 0 aliphatic heterocycles. The summed E-state index contributed by atoms with van der Waals surface area (Å²) in [6.07, 6.45) is 0.960. The molecule has 0 aromatic heterocycles. The molecule has 2 amide bonds. The smallest absolute Gasteiger partial charge is 0.223 e. The predicted octanol–water partition coefficient (Wildman–Crippen LogP) is 3.41. The molecule has 0 unspecified atom stereocenters. The molecule has 0 saturated carbocycles. The molecule has 2 aromatic carbocycles. The van der Waals surface area contributed by atoms with Gasteiger partial charge in [-0.15, -0.1) is 0 Å². The maximum atomic E-state index is 12.2. The summed E-state index contributed by atoms with van der Waals surface area (Å²) in [6, 6.07) is 13.8. The molecule has 0 spiro atoms. The van der Waals surface area contributed by atoms with Crippen molar-refractivity contribution < 1.29 is 14.3 Å². The van der Waals surface area contributed by atoms with Crippen molar-refractivity contribution in [3.63, 3.8) is 0 Å². The quantitative estimate of drug-likeness (QED) is 0.777. The van der Waals surface area contributed by atoms with Crippen molar-refractivity contribution in [1.29, 1.82) is 0 Å². The van der Waals surface area contributed by atoms with Crippen LogP contribution in [0.25, 0.3) is 0 Å². The third kappa shape index (κ3) is 5.84. The molecule has 0 radical (unpaired) electrons. The Morgan fingerprint density at radius 3 is 2.56 bits per heavy atom. The fourth-order valence-electron chi connectivity index (χ4n) is 3.01. The number of carbonyl (C=O) groups is 2. The molecule has 2 rings (SSSR count). The molecule has 0 aliphatic rings. The van der Waals surface area contributed by atoms with Crippen molar-refractivity contribution in [2.45, 2.75) is 33.6 Å². The molecule has 0 bridgehead atoms. The van der Waals surface area contributed by atoms with E-state index in [-0.39, 0.29) is 18.2 Å². The van der Waals surface area contributed by atoms with E-state index in [9.17, 15) is 9.59 Å². The Balaban J connectivity index is 1.89. The number of rotatable bonds is 8. The minimum Gasteiger partial charge on any atom is -0.496 e. The van der Waals surface area contributed by atoms with E-state index in [4.69, 9.17) is 4.74 Å². The highest BCUT2D eigenvalue weighted by Gasteiger charge is 2.15. The van der Waals surface area contributed by atoms with Gasteiger partial charge in [0.15, 0.2) is 0 Å². The number of hydrogen-bond acceptors (Lipinski definition) is 3. The number of hydrogen-bond donors (Lipinski definition) is 1. The van der Waals surface area contributed by atoms with E-state index in [1.54, 1.807) is 12.0 Å². The first-order valence-corrected chi connectivity index (χ1v) is 9.16. The van der Waals surface area contributed by atoms with Crippen LogP contribution in [0.15, 0.2) is 42.5 Å². The van der Waals surface area contributed by atoms with Gasteiger partial charge in [-0.1, -0.05) is 30.3 Å². The molecular formula is C22H28N2O3. The zero-order chi connectivity index (χ0) is 19.8. The van der Waals surface area contributed by atoms with Crippen LogP contribution in [0, 0.1) is 13.8 Å². The minimum atomic E-state index is -0.0681. The van der Waals surface area contributed by atoms with Gasteiger partial charge in [0.25, 0.3) is 0 Å². The average molecular weight is 368 g/mol. The summed E-state index contributed by atoms with van der Waals surface area (Å²) < 4.78 is 5.32. The molecule has 0 fully saturated rings. The number of methoxy groups -OCH3 is 1. The lowest BCUT2D eigenvalue weighted by Gasteiger charge is -2.23. The summed E-state index contributed by atoms with van der Waals surface area (Å²) in [5.41, 5.74) is 4.03. The van der Waals surface area contributed by atoms with Crippen molar-refractivity contribution in [3.05, 3.63) is 59.2 Å². The number of anilines is 1. The molecule has 0 saturated heterocycles. The van der Waals surface area contributed by atoms with Gasteiger partial charge in [0, 0.05) is 32.1 Å². The van der Waals surface area contributed by atoms with Gasteiger partial charge in [-0.05, 0) is 49.1 Å². The minimum absolute atomic E-state index is 0.0643. The van der Waals surface area contributed by atoms with Gasteiger partial charge in [-0.2, -0.15) is 0 Å². The lowest BCUT2D eigenvalue weighted by atomic mass is 10.1. The fraction of sp³-hybridized carbons (Fsp3) is 0.364. The monoisotopic (exact) mass is 368 g/mol. The van der Waals surface area contributed by atoms with Gasteiger partial charge in [0.1, 0.15) is 5.75 Å². The largest absolute Gasteiger partial charge is 0.496 e. The van der Waals surface area contributed by atoms with Crippen molar-refractivity contribution >= 4 is 17.5 Å². The summed E-state index contributed by atoms with van der Waals surface area (Å²) in [4.78, 5) is 26.0. The van der Waals surface area contributed by atoms with Crippen LogP contribution in [0.1, 0.15) is 30.0 Å². The van der Waals surface area contributed by atoms with E-state index in [0.717, 1.165) is 28.1 Å². The van der Waals surface area contributed by atoms with Gasteiger partial charge in [-0.3, -0.25) is 9.59 Å². The summed E-state index contributed by atoms with van der Waals surface area (Å²) in [5.74, 6) is 0.691. The fourth-order valence-corrected chi connectivity index (χ4v) is 3.01. The third-order valence-corrected chi connectivity index (χ3v) is 4.51. The Hall–Kier alpha value is -2.82. The van der Waals surface area contributed by atoms with Crippen molar-refractivity contribution in [2.24, 2.45) is 0 Å². The maximum absolute atomic E-state index is 12.2. The van der Waals surface area contributed by atoms with Gasteiger partial charge >= 0.3 is 0 Å². The molecule has 1 N–H and O–H groups in total. The normalized spacial score (nSPS) is 10.4. The zero-order valence-electron chi connectivity index (χ0n) is 16.5. The molecule has 144 valence electrons. The van der Waals surface area contributed by atoms with Crippen LogP contribution < -0.4 is 15.0 Å². The number of benzene rings is 2. The summed E-state index contributed by atoms with van der Waals surface area (Å²) in [7, 11) is 1.64. The second kappa shape index (κ2) is 9.76. The lowest BCUT2D eigenvalue weighted by molar-refractivity contribution is -0.121. The number of para-hydroxylation sites is 1. The van der Waals surface area contributed by atoms with Crippen molar-refractivity contribution in [2.75, 3.05) is 25.1 Å². The van der Waals surface area contributed by atoms with E-state index < -0.39 is 0 Å². The van der Waals surface area contributed by atoms with E-state index in [2.05, 4.69) is 5.32 Å². The average Bonchev–Trinajstić information content (AvgIpc) is 2.64. The molecule has 5 nitrogen and oxygen atoms in total. The number of ether oxygens (including phenoxy) is 1. The molecule has 0 aliphatic carbocycles. The number of carbonyl (C=O) groups excluding carboxylic acids is 2. The number of aryl methyl sites for hydroxylation is 2. The summed E-state index contributed by atoms with van der Waals surface area (Å²) in [5, 5.41) is 2.92. The Bertz CT molecular complexity index is 802. The molecule has 0 heterocycles. The topological polar surface area (TPSA) is 58.6 Å². The Morgan fingerprint density at radius 2 is 1.85 bits per heavy atom. The van der Waals surface area contributed by atoms with Crippen LogP contribution in [0.5, 0.6) is 5.75 Å². The van der Waals surface area contributed by atoms with Crippen LogP contribution >= 0.6 is 0 Å². The number of amides is 2. The first-order valence-electron chi connectivity index (χ1n) is 9.16. The molecule has 0 atom stereocenters. The SMILES string of the molecule is COc1ccccc1CCNC(=O)CCN(C(C)=O)c1cc(C)ccc1C. The first kappa shape index (κ1) is 20.5. The zero-order valence-corrected chi connectivity index (χ0v) is 16.5. The molecule has 27 heavy (non-hydrogen) atoms. The van der Waals surface area contributed by atoms with Crippen LogP contribution in [-0.4, -0.2) is 32.0 Å². The summed E-state index contributed by atoms with van der Waals surface area (Å²) >= 11 is 0. The highest BCUT2D eigenvalue weighted by atomic mass is 16.5. The molecule has 5 heteroatoms. The number of nitrogens with zero attached hydrogens (tertiary/aromatic N) is 1. The predicted molar refractivity (Wildman–Crippen MR) is 108 cm³/mol. The van der Waals surface area contributed by atoms with Gasteiger partial charge in [0.05, 0.1) is 7.11 Å². The maximum Gasteiger partial charge on any atom is 0.223 e. The van der Waals surface area contributed by atoms with E-state index in [0.29, 0.717) is 19.5 Å². The van der Waals surface area contributed by atoms with E-state index >= 15 is 0 Å². The third-order valence-electron chi connectivity index (χ3n) is 4.51. The Morgan fingerprint density at radius 1 is 1.11 bits per heavy atom. The molecular weight excluding hydrogens is 340 g/mol. The van der Waals surface area contributed by atoms with E-state index in [1.807, 2.05) is 56.3 Å². The second-order valence-electron chi connectivity index (χ2n) is 6.62. The lowest BCUT2D eigenvalue weighted by Crippen LogP contribution is -2.34. The Labute approximate surface area is 161 Å². The van der Waals surface area contributed by atoms with Crippen molar-refractivity contribution in [1.82, 2.24) is 5.32 Å². The molecule has 2 aromatic rings. The van der Waals surface area contributed by atoms with E-state index in [1.165, 1.54) is 6.92 Å². The first-order chi connectivity index (χ1) is 12.9. The van der Waals surface area contributed by atoms with Gasteiger partial charge in [0.2, 0.25) is 11.8 Å². The number of nitrogens with one attached hydrogen (secondary N) is 1. The van der Waals surface area contributed by atoms with Crippen LogP contribution in [0.4, 0.5) is 5.69 Å².